The van der Waals surface area contributed by atoms with Crippen molar-refractivity contribution in [2.24, 2.45) is 5.92 Å². The number of aromatic nitrogens is 1. The summed E-state index contributed by atoms with van der Waals surface area (Å²) in [5.74, 6) is 0.453. The molecule has 0 radical (unpaired) electrons. The van der Waals surface area contributed by atoms with Gasteiger partial charge in [-0.1, -0.05) is 49.6 Å². The van der Waals surface area contributed by atoms with E-state index in [0.717, 1.165) is 24.2 Å². The number of nitrogens with zero attached hydrogens (tertiary/aromatic N) is 2. The van der Waals surface area contributed by atoms with Crippen molar-refractivity contribution >= 4 is 33.0 Å². The molecule has 0 aliphatic rings. The van der Waals surface area contributed by atoms with E-state index < -0.39 is 10.0 Å². The minimum absolute atomic E-state index is 0.165. The molecule has 1 rings (SSSR count). The van der Waals surface area contributed by atoms with E-state index in [9.17, 15) is 8.42 Å². The van der Waals surface area contributed by atoms with E-state index >= 15 is 0 Å². The molecule has 122 valence electrons. The molecule has 0 saturated carbocycles. The number of halogens is 1. The van der Waals surface area contributed by atoms with Gasteiger partial charge in [0.25, 0.3) is 10.0 Å². The Bertz CT molecular complexity index is 554. The van der Waals surface area contributed by atoms with E-state index in [1.54, 1.807) is 6.92 Å². The molecule has 21 heavy (non-hydrogen) atoms. The predicted molar refractivity (Wildman–Crippen MR) is 88.6 cm³/mol. The molecule has 0 fully saturated rings. The number of aryl methyl sites for hydroxylation is 1. The van der Waals surface area contributed by atoms with Crippen LogP contribution in [0.4, 0.5) is 0 Å². The van der Waals surface area contributed by atoms with Crippen LogP contribution in [-0.4, -0.2) is 45.0 Å². The minimum atomic E-state index is -3.55. The maximum Gasteiger partial charge on any atom is 0.252 e. The fourth-order valence-electron chi connectivity index (χ4n) is 2.46. The molecule has 1 heterocycles. The van der Waals surface area contributed by atoms with Crippen LogP contribution in [0.3, 0.4) is 0 Å². The first-order chi connectivity index (χ1) is 9.72. The zero-order chi connectivity index (χ0) is 16.2. The van der Waals surface area contributed by atoms with Crippen molar-refractivity contribution < 1.29 is 8.42 Å². The molecule has 1 aromatic rings. The number of likely N-dealkylation sites (N-methyl/N-ethyl adjacent to an activating group) is 1. The molecule has 1 N–H and O–H groups in total. The molecular formula is C13H24ClN3O2S2. The molecule has 0 bridgehead atoms. The van der Waals surface area contributed by atoms with Crippen molar-refractivity contribution in [2.75, 3.05) is 20.6 Å². The normalized spacial score (nSPS) is 14.1. The van der Waals surface area contributed by atoms with E-state index in [1.807, 2.05) is 14.1 Å². The topological polar surface area (TPSA) is 62.3 Å². The Morgan fingerprint density at radius 1 is 1.33 bits per heavy atom. The van der Waals surface area contributed by atoms with Gasteiger partial charge in [-0.3, -0.25) is 0 Å². The number of thiazole rings is 1. The smallest absolute Gasteiger partial charge is 0.252 e. The lowest BCUT2D eigenvalue weighted by Crippen LogP contribution is -2.44. The maximum atomic E-state index is 12.4. The Labute approximate surface area is 136 Å². The van der Waals surface area contributed by atoms with Crippen LogP contribution in [0.1, 0.15) is 32.4 Å². The lowest BCUT2D eigenvalue weighted by atomic mass is 9.93. The molecular weight excluding hydrogens is 330 g/mol. The van der Waals surface area contributed by atoms with E-state index in [-0.39, 0.29) is 14.7 Å². The van der Waals surface area contributed by atoms with Gasteiger partial charge in [-0.15, -0.1) is 0 Å². The largest absolute Gasteiger partial charge is 0.305 e. The van der Waals surface area contributed by atoms with Crippen molar-refractivity contribution in [3.05, 3.63) is 10.2 Å². The van der Waals surface area contributed by atoms with Crippen LogP contribution in [0.2, 0.25) is 4.47 Å². The first-order valence-corrected chi connectivity index (χ1v) is 9.69. The highest BCUT2D eigenvalue weighted by atomic mass is 35.5. The first kappa shape index (κ1) is 18.8. The Hall–Kier alpha value is -0.210. The number of hydrogen-bond acceptors (Lipinski definition) is 5. The monoisotopic (exact) mass is 353 g/mol. The van der Waals surface area contributed by atoms with Crippen LogP contribution in [0.5, 0.6) is 0 Å². The van der Waals surface area contributed by atoms with Gasteiger partial charge < -0.3 is 4.90 Å². The fraction of sp³-hybridized carbons (Fsp3) is 0.769. The molecule has 1 aromatic heterocycles. The molecule has 0 amide bonds. The standard InChI is InChI=1S/C13H24ClN3O2S2/c1-6-10(7-2)11(17(4)5)8-15-21(18,19)12-9(3)16-13(14)20-12/h10-11,15H,6-8H2,1-5H3. The number of nitrogens with one attached hydrogen (secondary N) is 1. The molecule has 1 unspecified atom stereocenters. The van der Waals surface area contributed by atoms with Crippen LogP contribution >= 0.6 is 22.9 Å². The molecule has 1 atom stereocenters. The van der Waals surface area contributed by atoms with Gasteiger partial charge in [0, 0.05) is 12.6 Å². The summed E-state index contributed by atoms with van der Waals surface area (Å²) in [5.41, 5.74) is 0.446. The van der Waals surface area contributed by atoms with Gasteiger partial charge in [0.2, 0.25) is 0 Å². The van der Waals surface area contributed by atoms with Crippen LogP contribution < -0.4 is 4.72 Å². The maximum absolute atomic E-state index is 12.4. The summed E-state index contributed by atoms with van der Waals surface area (Å²) in [4.78, 5) is 6.04. The van der Waals surface area contributed by atoms with Crippen LogP contribution in [0.25, 0.3) is 0 Å². The third kappa shape index (κ3) is 4.89. The first-order valence-electron chi connectivity index (χ1n) is 7.01. The molecule has 8 heteroatoms. The van der Waals surface area contributed by atoms with Crippen molar-refractivity contribution in [2.45, 2.75) is 43.9 Å². The zero-order valence-electron chi connectivity index (χ0n) is 13.2. The quantitative estimate of drug-likeness (QED) is 0.780. The van der Waals surface area contributed by atoms with Gasteiger partial charge in [0.15, 0.2) is 8.68 Å². The highest BCUT2D eigenvalue weighted by molar-refractivity contribution is 7.91. The Kier molecular flexibility index (Phi) is 7.06. The van der Waals surface area contributed by atoms with Crippen LogP contribution in [-0.2, 0) is 10.0 Å². The van der Waals surface area contributed by atoms with E-state index in [4.69, 9.17) is 11.6 Å². The van der Waals surface area contributed by atoms with Gasteiger partial charge in [-0.25, -0.2) is 18.1 Å². The van der Waals surface area contributed by atoms with Gasteiger partial charge >= 0.3 is 0 Å². The summed E-state index contributed by atoms with van der Waals surface area (Å²) in [6.45, 7) is 6.30. The van der Waals surface area contributed by atoms with Gasteiger partial charge in [-0.05, 0) is 26.9 Å². The number of rotatable bonds is 8. The highest BCUT2D eigenvalue weighted by Gasteiger charge is 2.26. The summed E-state index contributed by atoms with van der Waals surface area (Å²) >= 11 is 6.78. The molecule has 5 nitrogen and oxygen atoms in total. The summed E-state index contributed by atoms with van der Waals surface area (Å²) in [5, 5.41) is 0. The average molecular weight is 354 g/mol. The fourth-order valence-corrected chi connectivity index (χ4v) is 5.30. The highest BCUT2D eigenvalue weighted by Crippen LogP contribution is 2.26. The minimum Gasteiger partial charge on any atom is -0.305 e. The van der Waals surface area contributed by atoms with Crippen LogP contribution in [0, 0.1) is 12.8 Å². The summed E-state index contributed by atoms with van der Waals surface area (Å²) in [6.07, 6.45) is 2.04. The number of hydrogen-bond donors (Lipinski definition) is 1. The van der Waals surface area contributed by atoms with Crippen molar-refractivity contribution in [3.63, 3.8) is 0 Å². The van der Waals surface area contributed by atoms with Gasteiger partial charge in [0.1, 0.15) is 0 Å². The lowest BCUT2D eigenvalue weighted by Gasteiger charge is -2.31. The van der Waals surface area contributed by atoms with Gasteiger partial charge in [-0.2, -0.15) is 0 Å². The summed E-state index contributed by atoms with van der Waals surface area (Å²) in [7, 11) is 0.403. The predicted octanol–water partition coefficient (Wildman–Crippen LogP) is 2.75. The van der Waals surface area contributed by atoms with Gasteiger partial charge in [0.05, 0.1) is 5.69 Å². The lowest BCUT2D eigenvalue weighted by molar-refractivity contribution is 0.201. The van der Waals surface area contributed by atoms with E-state index in [0.29, 0.717) is 18.2 Å². The van der Waals surface area contributed by atoms with Crippen molar-refractivity contribution in [1.29, 1.82) is 0 Å². The molecule has 0 aliphatic heterocycles. The second-order valence-corrected chi connectivity index (χ2v) is 8.84. The molecule has 0 aliphatic carbocycles. The average Bonchev–Trinajstić information content (AvgIpc) is 2.74. The Balaban J connectivity index is 2.86. The van der Waals surface area contributed by atoms with E-state index in [1.165, 1.54) is 0 Å². The zero-order valence-corrected chi connectivity index (χ0v) is 15.6. The third-order valence-electron chi connectivity index (χ3n) is 3.71. The second kappa shape index (κ2) is 7.87. The Morgan fingerprint density at radius 3 is 2.29 bits per heavy atom. The molecule has 0 aromatic carbocycles. The Morgan fingerprint density at radius 2 is 1.90 bits per heavy atom. The summed E-state index contributed by atoms with van der Waals surface area (Å²) < 4.78 is 27.9. The third-order valence-corrected chi connectivity index (χ3v) is 7.01. The molecule has 0 saturated heterocycles. The van der Waals surface area contributed by atoms with Crippen molar-refractivity contribution in [3.8, 4) is 0 Å². The summed E-state index contributed by atoms with van der Waals surface area (Å²) in [6, 6.07) is 0.165. The second-order valence-electron chi connectivity index (χ2n) is 5.30. The van der Waals surface area contributed by atoms with E-state index in [2.05, 4.69) is 28.5 Å². The molecule has 0 spiro atoms. The number of sulfonamides is 1. The van der Waals surface area contributed by atoms with Crippen molar-refractivity contribution in [1.82, 2.24) is 14.6 Å². The SMILES string of the molecule is CCC(CC)C(CNS(=O)(=O)c1sc(Cl)nc1C)N(C)C. The van der Waals surface area contributed by atoms with Crippen LogP contribution in [0.15, 0.2) is 4.21 Å².